The molecule has 3 atom stereocenters. The molecular formula is C18H31N3O7. The number of nitriles is 1. The number of hydrogen-bond donors (Lipinski definition) is 2. The van der Waals surface area contributed by atoms with Crippen LogP contribution in [0, 0.1) is 11.3 Å². The average Bonchev–Trinajstić information content (AvgIpc) is 2.55. The second kappa shape index (κ2) is 12.9. The Bertz CT molecular complexity index is 554. The van der Waals surface area contributed by atoms with Crippen molar-refractivity contribution in [2.75, 3.05) is 20.5 Å². The lowest BCUT2D eigenvalue weighted by molar-refractivity contribution is -0.142. The molecule has 0 aliphatic rings. The summed E-state index contributed by atoms with van der Waals surface area (Å²) in [6, 6.07) is 0.471. The molecule has 0 spiro atoms. The smallest absolute Gasteiger partial charge is 0.408 e. The highest BCUT2D eigenvalue weighted by Gasteiger charge is 2.28. The van der Waals surface area contributed by atoms with Gasteiger partial charge in [0.15, 0.2) is 0 Å². The summed E-state index contributed by atoms with van der Waals surface area (Å²) in [7, 11) is 1.43. The van der Waals surface area contributed by atoms with Gasteiger partial charge in [-0.25, -0.2) is 4.79 Å². The van der Waals surface area contributed by atoms with Crippen molar-refractivity contribution in [2.24, 2.45) is 0 Å². The van der Waals surface area contributed by atoms with Crippen molar-refractivity contribution in [1.29, 1.82) is 5.26 Å². The van der Waals surface area contributed by atoms with Gasteiger partial charge >= 0.3 is 12.1 Å². The van der Waals surface area contributed by atoms with Gasteiger partial charge in [0.25, 0.3) is 0 Å². The Hall–Kier alpha value is -2.38. The van der Waals surface area contributed by atoms with Gasteiger partial charge in [-0.2, -0.15) is 5.26 Å². The van der Waals surface area contributed by atoms with Gasteiger partial charge in [0.2, 0.25) is 5.91 Å². The van der Waals surface area contributed by atoms with Gasteiger partial charge in [-0.3, -0.25) is 9.59 Å². The summed E-state index contributed by atoms with van der Waals surface area (Å²) < 4.78 is 20.3. The number of carbonyl (C=O) groups excluding carboxylic acids is 3. The van der Waals surface area contributed by atoms with Crippen LogP contribution in [-0.2, 0) is 28.5 Å². The zero-order valence-electron chi connectivity index (χ0n) is 17.4. The van der Waals surface area contributed by atoms with E-state index in [4.69, 9.17) is 24.2 Å². The summed E-state index contributed by atoms with van der Waals surface area (Å²) in [5, 5.41) is 14.1. The quantitative estimate of drug-likeness (QED) is 0.390. The number of carbonyl (C=O) groups is 3. The zero-order valence-corrected chi connectivity index (χ0v) is 17.4. The van der Waals surface area contributed by atoms with Crippen LogP contribution in [0.4, 0.5) is 4.79 Å². The minimum Gasteiger partial charge on any atom is -0.464 e. The lowest BCUT2D eigenvalue weighted by Gasteiger charge is -2.26. The molecule has 28 heavy (non-hydrogen) atoms. The van der Waals surface area contributed by atoms with Crippen LogP contribution in [0.2, 0.25) is 0 Å². The maximum Gasteiger partial charge on any atom is 0.408 e. The van der Waals surface area contributed by atoms with Gasteiger partial charge in [0.05, 0.1) is 24.6 Å². The molecule has 0 aliphatic heterocycles. The van der Waals surface area contributed by atoms with Crippen LogP contribution < -0.4 is 10.6 Å². The first kappa shape index (κ1) is 25.6. The highest BCUT2D eigenvalue weighted by atomic mass is 16.7. The van der Waals surface area contributed by atoms with Crippen molar-refractivity contribution in [3.63, 3.8) is 0 Å². The summed E-state index contributed by atoms with van der Waals surface area (Å²) in [6.07, 6.45) is -1.38. The standard InChI is InChI=1S/C18H31N3O7/c1-12(10-26-13(2)22)20-16(23)15(21-17(24)28-18(3,4)5)9-14(7-8-19)27-11-25-6/h12,14-15H,7,9-11H2,1-6H3,(H,20,23)(H,21,24)/t12-,14-,15-/m0/s1. The zero-order chi connectivity index (χ0) is 21.7. The van der Waals surface area contributed by atoms with Gasteiger partial charge < -0.3 is 29.6 Å². The molecule has 0 saturated heterocycles. The largest absolute Gasteiger partial charge is 0.464 e. The predicted molar refractivity (Wildman–Crippen MR) is 99.0 cm³/mol. The van der Waals surface area contributed by atoms with Crippen molar-refractivity contribution >= 4 is 18.0 Å². The fourth-order valence-electron chi connectivity index (χ4n) is 2.05. The number of nitrogens with zero attached hydrogens (tertiary/aromatic N) is 1. The fraction of sp³-hybridized carbons (Fsp3) is 0.778. The Balaban J connectivity index is 5.12. The van der Waals surface area contributed by atoms with Crippen LogP contribution in [-0.4, -0.2) is 62.3 Å². The molecule has 0 unspecified atom stereocenters. The van der Waals surface area contributed by atoms with E-state index in [0.29, 0.717) is 0 Å². The number of ether oxygens (including phenoxy) is 4. The number of amides is 2. The summed E-state index contributed by atoms with van der Waals surface area (Å²) in [5.41, 5.74) is -0.744. The molecule has 0 saturated carbocycles. The second-order valence-corrected chi connectivity index (χ2v) is 7.20. The summed E-state index contributed by atoms with van der Waals surface area (Å²) in [6.45, 7) is 7.94. The molecule has 2 amide bonds. The predicted octanol–water partition coefficient (Wildman–Crippen LogP) is 1.24. The average molecular weight is 401 g/mol. The van der Waals surface area contributed by atoms with E-state index in [9.17, 15) is 14.4 Å². The Labute approximate surface area is 165 Å². The molecule has 0 fully saturated rings. The molecule has 0 rings (SSSR count). The second-order valence-electron chi connectivity index (χ2n) is 7.20. The third-order valence-corrected chi connectivity index (χ3v) is 3.17. The maximum atomic E-state index is 12.6. The number of alkyl carbamates (subject to hydrolysis) is 1. The van der Waals surface area contributed by atoms with E-state index in [2.05, 4.69) is 10.6 Å². The van der Waals surface area contributed by atoms with E-state index in [1.807, 2.05) is 6.07 Å². The van der Waals surface area contributed by atoms with Crippen LogP contribution in [0.5, 0.6) is 0 Å². The molecule has 0 aromatic heterocycles. The minimum absolute atomic E-state index is 0.00609. The maximum absolute atomic E-state index is 12.6. The highest BCUT2D eigenvalue weighted by molar-refractivity contribution is 5.86. The Morgan fingerprint density at radius 1 is 1.18 bits per heavy atom. The van der Waals surface area contributed by atoms with Crippen LogP contribution >= 0.6 is 0 Å². The Kier molecular flexibility index (Phi) is 11.8. The normalized spacial score (nSPS) is 14.2. The van der Waals surface area contributed by atoms with Gasteiger partial charge in [0, 0.05) is 20.5 Å². The summed E-state index contributed by atoms with van der Waals surface area (Å²) in [5.74, 6) is -0.985. The van der Waals surface area contributed by atoms with E-state index < -0.39 is 41.8 Å². The molecule has 0 radical (unpaired) electrons. The van der Waals surface area contributed by atoms with E-state index in [-0.39, 0.29) is 26.2 Å². The highest BCUT2D eigenvalue weighted by Crippen LogP contribution is 2.11. The van der Waals surface area contributed by atoms with Gasteiger partial charge in [-0.1, -0.05) is 0 Å². The first-order valence-electron chi connectivity index (χ1n) is 8.89. The lowest BCUT2D eigenvalue weighted by atomic mass is 10.1. The first-order valence-corrected chi connectivity index (χ1v) is 8.89. The molecule has 0 aromatic rings. The van der Waals surface area contributed by atoms with Crippen LogP contribution in [0.25, 0.3) is 0 Å². The third-order valence-electron chi connectivity index (χ3n) is 3.17. The van der Waals surface area contributed by atoms with E-state index in [1.165, 1.54) is 14.0 Å². The van der Waals surface area contributed by atoms with Crippen LogP contribution in [0.15, 0.2) is 0 Å². The molecule has 0 aliphatic carbocycles. The number of hydrogen-bond acceptors (Lipinski definition) is 8. The molecular weight excluding hydrogens is 370 g/mol. The molecule has 10 heteroatoms. The molecule has 160 valence electrons. The summed E-state index contributed by atoms with van der Waals surface area (Å²) in [4.78, 5) is 35.6. The van der Waals surface area contributed by atoms with Crippen molar-refractivity contribution in [3.8, 4) is 6.07 Å². The number of rotatable bonds is 11. The monoisotopic (exact) mass is 401 g/mol. The Morgan fingerprint density at radius 3 is 2.32 bits per heavy atom. The lowest BCUT2D eigenvalue weighted by Crippen LogP contribution is -2.52. The third kappa shape index (κ3) is 12.9. The molecule has 10 nitrogen and oxygen atoms in total. The number of esters is 1. The molecule has 0 bridgehead atoms. The van der Waals surface area contributed by atoms with E-state index in [0.717, 1.165) is 0 Å². The number of methoxy groups -OCH3 is 1. The number of nitrogens with one attached hydrogen (secondary N) is 2. The first-order chi connectivity index (χ1) is 13.0. The van der Waals surface area contributed by atoms with Crippen molar-refractivity contribution < 1.29 is 33.3 Å². The van der Waals surface area contributed by atoms with Crippen LogP contribution in [0.3, 0.4) is 0 Å². The SMILES string of the molecule is COCO[C@@H](CC#N)C[C@H](NC(=O)OC(C)(C)C)C(=O)N[C@@H](C)COC(C)=O. The summed E-state index contributed by atoms with van der Waals surface area (Å²) >= 11 is 0. The molecule has 0 heterocycles. The van der Waals surface area contributed by atoms with Crippen molar-refractivity contribution in [1.82, 2.24) is 10.6 Å². The fourth-order valence-corrected chi connectivity index (χ4v) is 2.05. The minimum atomic E-state index is -1.02. The van der Waals surface area contributed by atoms with E-state index in [1.54, 1.807) is 27.7 Å². The molecule has 0 aromatic carbocycles. The van der Waals surface area contributed by atoms with Crippen LogP contribution in [0.1, 0.15) is 47.5 Å². The molecule has 2 N–H and O–H groups in total. The van der Waals surface area contributed by atoms with Gasteiger partial charge in [-0.15, -0.1) is 0 Å². The van der Waals surface area contributed by atoms with Gasteiger partial charge in [0.1, 0.15) is 25.0 Å². The van der Waals surface area contributed by atoms with Gasteiger partial charge in [-0.05, 0) is 27.7 Å². The topological polar surface area (TPSA) is 136 Å². The van der Waals surface area contributed by atoms with Crippen molar-refractivity contribution in [2.45, 2.75) is 71.2 Å². The van der Waals surface area contributed by atoms with E-state index >= 15 is 0 Å². The van der Waals surface area contributed by atoms with Crippen molar-refractivity contribution in [3.05, 3.63) is 0 Å². The Morgan fingerprint density at radius 2 is 1.82 bits per heavy atom.